The van der Waals surface area contributed by atoms with Gasteiger partial charge in [0.25, 0.3) is 0 Å². The van der Waals surface area contributed by atoms with E-state index in [1.165, 1.54) is 35.2 Å². The quantitative estimate of drug-likeness (QED) is 0.246. The molecule has 0 saturated carbocycles. The van der Waals surface area contributed by atoms with E-state index in [-0.39, 0.29) is 36.5 Å². The van der Waals surface area contributed by atoms with Gasteiger partial charge in [0, 0.05) is 23.6 Å². The van der Waals surface area contributed by atoms with Crippen molar-refractivity contribution in [2.75, 3.05) is 26.0 Å². The van der Waals surface area contributed by atoms with E-state index in [0.717, 1.165) is 22.0 Å². The number of benzene rings is 2. The van der Waals surface area contributed by atoms with Crippen molar-refractivity contribution in [3.63, 3.8) is 0 Å². The molecule has 0 radical (unpaired) electrons. The third-order valence-corrected chi connectivity index (χ3v) is 7.28. The number of nitrogens with zero attached hydrogens (tertiary/aromatic N) is 3. The Kier molecular flexibility index (Phi) is 10.5. The highest BCUT2D eigenvalue weighted by molar-refractivity contribution is 8.00. The summed E-state index contributed by atoms with van der Waals surface area (Å²) in [6, 6.07) is 13.4. The van der Waals surface area contributed by atoms with E-state index >= 15 is 0 Å². The molecule has 1 aromatic heterocycles. The minimum Gasteiger partial charge on any atom is -0.349 e. The van der Waals surface area contributed by atoms with Crippen molar-refractivity contribution in [2.45, 2.75) is 35.4 Å². The average Bonchev–Trinajstić information content (AvgIpc) is 3.27. The molecule has 1 unspecified atom stereocenters. The molecule has 186 valence electrons. The van der Waals surface area contributed by atoms with Gasteiger partial charge in [0.05, 0.1) is 6.04 Å². The lowest BCUT2D eigenvalue weighted by molar-refractivity contribution is -0.125. The molecule has 0 aliphatic carbocycles. The molecule has 0 spiro atoms. The first-order chi connectivity index (χ1) is 16.8. The van der Waals surface area contributed by atoms with Gasteiger partial charge in [-0.1, -0.05) is 59.0 Å². The molecule has 0 fully saturated rings. The first-order valence-electron chi connectivity index (χ1n) is 11.0. The van der Waals surface area contributed by atoms with Gasteiger partial charge in [-0.05, 0) is 62.5 Å². The van der Waals surface area contributed by atoms with Crippen molar-refractivity contribution in [3.05, 3.63) is 70.5 Å². The molecule has 1 atom stereocenters. The third-order valence-electron chi connectivity index (χ3n) is 4.98. The van der Waals surface area contributed by atoms with Crippen LogP contribution < -0.4 is 10.6 Å². The van der Waals surface area contributed by atoms with Crippen LogP contribution in [-0.4, -0.2) is 47.6 Å². The van der Waals surface area contributed by atoms with Crippen LogP contribution in [0.2, 0.25) is 5.02 Å². The first kappa shape index (κ1) is 27.1. The molecular weight excluding hydrogens is 509 g/mol. The number of halogens is 2. The molecule has 0 bridgehead atoms. The van der Waals surface area contributed by atoms with Crippen molar-refractivity contribution in [1.82, 2.24) is 20.4 Å². The Morgan fingerprint density at radius 3 is 2.43 bits per heavy atom. The Morgan fingerprint density at radius 2 is 1.74 bits per heavy atom. The summed E-state index contributed by atoms with van der Waals surface area (Å²) in [6.07, 6.45) is 0.711. The summed E-state index contributed by atoms with van der Waals surface area (Å²) in [5, 5.41) is 14.8. The van der Waals surface area contributed by atoms with Gasteiger partial charge in [-0.15, -0.1) is 10.2 Å². The molecule has 0 aliphatic heterocycles. The zero-order valence-electron chi connectivity index (χ0n) is 19.5. The maximum Gasteiger partial charge on any atom is 0.226 e. The molecule has 2 aromatic carbocycles. The zero-order chi connectivity index (χ0) is 25.2. The normalized spacial score (nSPS) is 11.9. The minimum atomic E-state index is -0.327. The standard InChI is InChI=1S/C24H27ClFN5O2S2/c1-31(2)14-13-20(17-5-9-19(26)10-6-17)27-21(32)11-12-22(33)28-23-29-30-24(35-23)34-15-16-3-7-18(25)8-4-16/h3-10,20H,11-15H2,1-2H3,(H,27,32)(H,28,29,33). The van der Waals surface area contributed by atoms with Crippen LogP contribution in [0.15, 0.2) is 52.9 Å². The van der Waals surface area contributed by atoms with Crippen LogP contribution in [0.25, 0.3) is 0 Å². The van der Waals surface area contributed by atoms with Crippen LogP contribution in [0, 0.1) is 5.82 Å². The van der Waals surface area contributed by atoms with Gasteiger partial charge < -0.3 is 15.5 Å². The third kappa shape index (κ3) is 9.56. The van der Waals surface area contributed by atoms with Gasteiger partial charge in [-0.25, -0.2) is 4.39 Å². The van der Waals surface area contributed by atoms with Gasteiger partial charge in [-0.3, -0.25) is 9.59 Å². The molecule has 2 amide bonds. The van der Waals surface area contributed by atoms with Gasteiger partial charge in [-0.2, -0.15) is 0 Å². The highest BCUT2D eigenvalue weighted by Crippen LogP contribution is 2.28. The number of carbonyl (C=O) groups excluding carboxylic acids is 2. The van der Waals surface area contributed by atoms with Gasteiger partial charge in [0.2, 0.25) is 16.9 Å². The lowest BCUT2D eigenvalue weighted by Gasteiger charge is -2.21. The molecule has 7 nitrogen and oxygen atoms in total. The topological polar surface area (TPSA) is 87.2 Å². The monoisotopic (exact) mass is 535 g/mol. The summed E-state index contributed by atoms with van der Waals surface area (Å²) < 4.78 is 14.0. The number of amides is 2. The predicted octanol–water partition coefficient (Wildman–Crippen LogP) is 5.15. The summed E-state index contributed by atoms with van der Waals surface area (Å²) in [6.45, 7) is 0.748. The maximum absolute atomic E-state index is 13.3. The first-order valence-corrected chi connectivity index (χ1v) is 13.2. The number of aromatic nitrogens is 2. The summed E-state index contributed by atoms with van der Waals surface area (Å²) in [4.78, 5) is 26.9. The van der Waals surface area contributed by atoms with Gasteiger partial charge in [0.1, 0.15) is 5.82 Å². The number of hydrogen-bond donors (Lipinski definition) is 2. The van der Waals surface area contributed by atoms with E-state index < -0.39 is 0 Å². The molecule has 2 N–H and O–H groups in total. The van der Waals surface area contributed by atoms with E-state index in [4.69, 9.17) is 11.6 Å². The van der Waals surface area contributed by atoms with Crippen molar-refractivity contribution >= 4 is 51.6 Å². The molecule has 3 rings (SSSR count). The Morgan fingerprint density at radius 1 is 1.06 bits per heavy atom. The molecular formula is C24H27ClFN5O2S2. The van der Waals surface area contributed by atoms with E-state index in [1.807, 2.05) is 43.3 Å². The number of rotatable bonds is 12. The molecule has 0 aliphatic rings. The van der Waals surface area contributed by atoms with Crippen LogP contribution in [0.3, 0.4) is 0 Å². The van der Waals surface area contributed by atoms with Crippen molar-refractivity contribution in [3.8, 4) is 0 Å². The van der Waals surface area contributed by atoms with Gasteiger partial charge in [0.15, 0.2) is 4.34 Å². The smallest absolute Gasteiger partial charge is 0.226 e. The lowest BCUT2D eigenvalue weighted by Crippen LogP contribution is -2.31. The average molecular weight is 536 g/mol. The van der Waals surface area contributed by atoms with E-state index in [0.29, 0.717) is 22.3 Å². The SMILES string of the molecule is CN(C)CCC(NC(=O)CCC(=O)Nc1nnc(SCc2ccc(Cl)cc2)s1)c1ccc(F)cc1. The second kappa shape index (κ2) is 13.5. The van der Waals surface area contributed by atoms with Crippen LogP contribution >= 0.6 is 34.7 Å². The fourth-order valence-electron chi connectivity index (χ4n) is 3.12. The van der Waals surface area contributed by atoms with Crippen LogP contribution in [0.5, 0.6) is 0 Å². The maximum atomic E-state index is 13.3. The summed E-state index contributed by atoms with van der Waals surface area (Å²) in [5.74, 6) is -0.170. The lowest BCUT2D eigenvalue weighted by atomic mass is 10.0. The van der Waals surface area contributed by atoms with Crippen molar-refractivity contribution in [1.29, 1.82) is 0 Å². The largest absolute Gasteiger partial charge is 0.349 e. The Hall–Kier alpha value is -2.53. The molecule has 35 heavy (non-hydrogen) atoms. The molecule has 0 saturated heterocycles. The molecule has 1 heterocycles. The number of thioether (sulfide) groups is 1. The van der Waals surface area contributed by atoms with E-state index in [2.05, 4.69) is 20.8 Å². The minimum absolute atomic E-state index is 0.0164. The fraction of sp³-hybridized carbons (Fsp3) is 0.333. The summed E-state index contributed by atoms with van der Waals surface area (Å²) in [7, 11) is 3.89. The summed E-state index contributed by atoms with van der Waals surface area (Å²) >= 11 is 8.70. The zero-order valence-corrected chi connectivity index (χ0v) is 21.9. The second-order valence-electron chi connectivity index (χ2n) is 8.10. The van der Waals surface area contributed by atoms with Crippen LogP contribution in [0.1, 0.15) is 36.4 Å². The Balaban J connectivity index is 1.45. The second-order valence-corrected chi connectivity index (χ2v) is 10.7. The number of carbonyl (C=O) groups is 2. The highest BCUT2D eigenvalue weighted by atomic mass is 35.5. The van der Waals surface area contributed by atoms with Crippen molar-refractivity contribution < 1.29 is 14.0 Å². The number of anilines is 1. The highest BCUT2D eigenvalue weighted by Gasteiger charge is 2.17. The number of nitrogens with one attached hydrogen (secondary N) is 2. The Bertz CT molecular complexity index is 1110. The fourth-order valence-corrected chi connectivity index (χ4v) is 4.97. The van der Waals surface area contributed by atoms with E-state index in [1.54, 1.807) is 12.1 Å². The summed E-state index contributed by atoms with van der Waals surface area (Å²) in [5.41, 5.74) is 1.93. The molecule has 3 aromatic rings. The predicted molar refractivity (Wildman–Crippen MR) is 139 cm³/mol. The number of hydrogen-bond acceptors (Lipinski definition) is 7. The van der Waals surface area contributed by atoms with Crippen LogP contribution in [0.4, 0.5) is 9.52 Å². The van der Waals surface area contributed by atoms with E-state index in [9.17, 15) is 14.0 Å². The van der Waals surface area contributed by atoms with Crippen LogP contribution in [-0.2, 0) is 15.3 Å². The van der Waals surface area contributed by atoms with Crippen molar-refractivity contribution in [2.24, 2.45) is 0 Å². The molecule has 11 heteroatoms. The van der Waals surface area contributed by atoms with Gasteiger partial charge >= 0.3 is 0 Å². The Labute approximate surface area is 217 Å².